The molecule has 0 saturated carbocycles. The zero-order valence-corrected chi connectivity index (χ0v) is 11.5. The molecule has 1 aliphatic heterocycles. The molecule has 1 aromatic rings. The van der Waals surface area contributed by atoms with Gasteiger partial charge in [0.05, 0.1) is 10.8 Å². The molecule has 108 valence electrons. The third-order valence-electron chi connectivity index (χ3n) is 3.46. The molecule has 1 N–H and O–H groups in total. The number of nitrogens with zero attached hydrogens (tertiary/aromatic N) is 1. The molecule has 0 aromatic heterocycles. The fourth-order valence-corrected chi connectivity index (χ4v) is 3.68. The summed E-state index contributed by atoms with van der Waals surface area (Å²) in [6.45, 7) is 0.406. The molecule has 20 heavy (non-hydrogen) atoms. The van der Waals surface area contributed by atoms with Crippen LogP contribution >= 0.6 is 0 Å². The first kappa shape index (κ1) is 14.7. The Morgan fingerprint density at radius 1 is 1.20 bits per heavy atom. The lowest BCUT2D eigenvalue weighted by Crippen LogP contribution is -2.40. The van der Waals surface area contributed by atoms with Gasteiger partial charge in [0, 0.05) is 18.7 Å². The van der Waals surface area contributed by atoms with E-state index in [1.54, 1.807) is 0 Å². The molecule has 0 bridgehead atoms. The van der Waals surface area contributed by atoms with Gasteiger partial charge in [-0.25, -0.2) is 8.42 Å². The van der Waals surface area contributed by atoms with Crippen molar-refractivity contribution in [3.05, 3.63) is 29.8 Å². The third-order valence-corrected chi connectivity index (χ3v) is 5.37. The summed E-state index contributed by atoms with van der Waals surface area (Å²) >= 11 is 0. The SMILES string of the molecule is O=Cc1ccc(S(=O)(=O)N2CCC(C(=O)O)CC2)cc1. The second kappa shape index (κ2) is 5.72. The van der Waals surface area contributed by atoms with Crippen molar-refractivity contribution in [3.63, 3.8) is 0 Å². The predicted octanol–water partition coefficient (Wildman–Crippen LogP) is 0.984. The maximum atomic E-state index is 12.4. The van der Waals surface area contributed by atoms with Crippen molar-refractivity contribution in [2.75, 3.05) is 13.1 Å². The molecule has 0 amide bonds. The van der Waals surface area contributed by atoms with Crippen LogP contribution in [0.15, 0.2) is 29.2 Å². The van der Waals surface area contributed by atoms with Crippen LogP contribution in [-0.4, -0.2) is 43.2 Å². The number of hydrogen-bond donors (Lipinski definition) is 1. The van der Waals surface area contributed by atoms with Crippen molar-refractivity contribution in [2.24, 2.45) is 5.92 Å². The summed E-state index contributed by atoms with van der Waals surface area (Å²) in [4.78, 5) is 21.5. The minimum Gasteiger partial charge on any atom is -0.481 e. The van der Waals surface area contributed by atoms with Gasteiger partial charge in [0.1, 0.15) is 6.29 Å². The molecule has 0 radical (unpaired) electrons. The fourth-order valence-electron chi connectivity index (χ4n) is 2.21. The van der Waals surface area contributed by atoms with E-state index >= 15 is 0 Å². The van der Waals surface area contributed by atoms with Gasteiger partial charge in [0.15, 0.2) is 0 Å². The molecule has 0 aliphatic carbocycles. The first-order valence-corrected chi connectivity index (χ1v) is 7.67. The van der Waals surface area contributed by atoms with E-state index in [1.807, 2.05) is 0 Å². The summed E-state index contributed by atoms with van der Waals surface area (Å²) < 4.78 is 26.0. The molecular weight excluding hydrogens is 282 g/mol. The Morgan fingerprint density at radius 3 is 2.20 bits per heavy atom. The summed E-state index contributed by atoms with van der Waals surface area (Å²) in [7, 11) is -3.61. The Bertz CT molecular complexity index is 600. The van der Waals surface area contributed by atoms with Crippen LogP contribution in [0.3, 0.4) is 0 Å². The molecule has 1 aromatic carbocycles. The number of carbonyl (C=O) groups excluding carboxylic acids is 1. The number of aliphatic carboxylic acids is 1. The van der Waals surface area contributed by atoms with E-state index in [0.29, 0.717) is 24.7 Å². The summed E-state index contributed by atoms with van der Waals surface area (Å²) in [5, 5.41) is 8.90. The van der Waals surface area contributed by atoms with Crippen molar-refractivity contribution in [2.45, 2.75) is 17.7 Å². The number of hydrogen-bond acceptors (Lipinski definition) is 4. The highest BCUT2D eigenvalue weighted by Gasteiger charge is 2.31. The lowest BCUT2D eigenvalue weighted by atomic mass is 9.99. The Morgan fingerprint density at radius 2 is 1.75 bits per heavy atom. The van der Waals surface area contributed by atoms with Crippen molar-refractivity contribution >= 4 is 22.3 Å². The number of aldehydes is 1. The zero-order chi connectivity index (χ0) is 14.8. The number of sulfonamides is 1. The molecule has 0 atom stereocenters. The number of benzene rings is 1. The Hall–Kier alpha value is -1.73. The van der Waals surface area contributed by atoms with Crippen molar-refractivity contribution in [1.82, 2.24) is 4.31 Å². The molecule has 1 saturated heterocycles. The van der Waals surface area contributed by atoms with Crippen molar-refractivity contribution in [3.8, 4) is 0 Å². The average molecular weight is 297 g/mol. The summed E-state index contributed by atoms with van der Waals surface area (Å²) in [5.41, 5.74) is 0.411. The molecule has 2 rings (SSSR count). The van der Waals surface area contributed by atoms with Gasteiger partial charge in [-0.2, -0.15) is 4.31 Å². The maximum absolute atomic E-state index is 12.4. The first-order valence-electron chi connectivity index (χ1n) is 6.23. The zero-order valence-electron chi connectivity index (χ0n) is 10.7. The molecule has 0 spiro atoms. The second-order valence-electron chi connectivity index (χ2n) is 4.70. The van der Waals surface area contributed by atoms with Crippen LogP contribution in [0.5, 0.6) is 0 Å². The summed E-state index contributed by atoms with van der Waals surface area (Å²) in [6.07, 6.45) is 1.29. The van der Waals surface area contributed by atoms with Crippen LogP contribution < -0.4 is 0 Å². The van der Waals surface area contributed by atoms with Gasteiger partial charge < -0.3 is 5.11 Å². The Kier molecular flexibility index (Phi) is 4.20. The van der Waals surface area contributed by atoms with E-state index in [4.69, 9.17) is 5.11 Å². The van der Waals surface area contributed by atoms with Gasteiger partial charge in [0.2, 0.25) is 10.0 Å². The van der Waals surface area contributed by atoms with Crippen LogP contribution in [0.1, 0.15) is 23.2 Å². The van der Waals surface area contributed by atoms with Gasteiger partial charge in [-0.1, -0.05) is 12.1 Å². The monoisotopic (exact) mass is 297 g/mol. The smallest absolute Gasteiger partial charge is 0.306 e. The van der Waals surface area contributed by atoms with Crippen LogP contribution in [0.25, 0.3) is 0 Å². The molecule has 0 unspecified atom stereocenters. The molecule has 1 heterocycles. The van der Waals surface area contributed by atoms with E-state index < -0.39 is 21.9 Å². The van der Waals surface area contributed by atoms with E-state index in [2.05, 4.69) is 0 Å². The summed E-state index contributed by atoms with van der Waals surface area (Å²) in [5.74, 6) is -1.35. The quantitative estimate of drug-likeness (QED) is 0.837. The molecule has 6 nitrogen and oxygen atoms in total. The number of carboxylic acid groups (broad SMARTS) is 1. The number of carbonyl (C=O) groups is 2. The van der Waals surface area contributed by atoms with E-state index in [-0.39, 0.29) is 18.0 Å². The topological polar surface area (TPSA) is 91.8 Å². The third kappa shape index (κ3) is 2.88. The lowest BCUT2D eigenvalue weighted by Gasteiger charge is -2.29. The van der Waals surface area contributed by atoms with E-state index in [0.717, 1.165) is 0 Å². The van der Waals surface area contributed by atoms with Gasteiger partial charge in [-0.3, -0.25) is 9.59 Å². The highest BCUT2D eigenvalue weighted by Crippen LogP contribution is 2.24. The minimum atomic E-state index is -3.61. The van der Waals surface area contributed by atoms with E-state index in [1.165, 1.54) is 28.6 Å². The van der Waals surface area contributed by atoms with Gasteiger partial charge in [0.25, 0.3) is 0 Å². The highest BCUT2D eigenvalue weighted by atomic mass is 32.2. The van der Waals surface area contributed by atoms with Crippen molar-refractivity contribution < 1.29 is 23.1 Å². The Labute approximate surface area is 117 Å². The largest absolute Gasteiger partial charge is 0.481 e. The first-order chi connectivity index (χ1) is 9.45. The maximum Gasteiger partial charge on any atom is 0.306 e. The molecule has 1 fully saturated rings. The van der Waals surface area contributed by atoms with Crippen molar-refractivity contribution in [1.29, 1.82) is 0 Å². The number of carboxylic acids is 1. The Balaban J connectivity index is 2.14. The fraction of sp³-hybridized carbons (Fsp3) is 0.385. The van der Waals surface area contributed by atoms with Crippen LogP contribution in [0.2, 0.25) is 0 Å². The van der Waals surface area contributed by atoms with Crippen LogP contribution in [-0.2, 0) is 14.8 Å². The van der Waals surface area contributed by atoms with E-state index in [9.17, 15) is 18.0 Å². The van der Waals surface area contributed by atoms with Gasteiger partial charge in [-0.15, -0.1) is 0 Å². The van der Waals surface area contributed by atoms with Crippen LogP contribution in [0, 0.1) is 5.92 Å². The van der Waals surface area contributed by atoms with Crippen LogP contribution in [0.4, 0.5) is 0 Å². The molecular formula is C13H15NO5S. The second-order valence-corrected chi connectivity index (χ2v) is 6.64. The van der Waals surface area contributed by atoms with Gasteiger partial charge >= 0.3 is 5.97 Å². The molecule has 1 aliphatic rings. The lowest BCUT2D eigenvalue weighted by molar-refractivity contribution is -0.142. The summed E-state index contributed by atoms with van der Waals surface area (Å²) in [6, 6.07) is 5.68. The molecule has 7 heteroatoms. The normalized spacial score (nSPS) is 17.8. The van der Waals surface area contributed by atoms with Gasteiger partial charge in [-0.05, 0) is 25.0 Å². The highest BCUT2D eigenvalue weighted by molar-refractivity contribution is 7.89. The number of piperidine rings is 1. The average Bonchev–Trinajstić information content (AvgIpc) is 2.47. The predicted molar refractivity (Wildman–Crippen MR) is 70.9 cm³/mol. The number of rotatable bonds is 4. The minimum absolute atomic E-state index is 0.122. The standard InChI is InChI=1S/C13H15NO5S/c15-9-10-1-3-12(4-2-10)20(18,19)14-7-5-11(6-8-14)13(16)17/h1-4,9,11H,5-8H2,(H,16,17).